The van der Waals surface area contributed by atoms with Crippen molar-refractivity contribution in [3.63, 3.8) is 0 Å². The molecular formula is C15H21O6Tb. The van der Waals surface area contributed by atoms with Gasteiger partial charge >= 0.3 is 38.6 Å². The molecule has 0 aromatic heterocycles. The largest absolute Gasteiger partial charge is 3.00 e. The topological polar surface area (TPSA) is 120 Å². The van der Waals surface area contributed by atoms with Crippen LogP contribution in [-0.2, 0) is 14.4 Å². The average molecular weight is 456 g/mol. The van der Waals surface area contributed by atoms with Crippen LogP contribution in [0.15, 0.2) is 35.5 Å². The molecule has 0 radical (unpaired) electrons. The van der Waals surface area contributed by atoms with Gasteiger partial charge in [-0.2, -0.15) is 0 Å². The maximum atomic E-state index is 9.98. The maximum absolute atomic E-state index is 9.98. The molecule has 0 saturated heterocycles. The van der Waals surface area contributed by atoms with E-state index in [0.29, 0.717) is 0 Å². The van der Waals surface area contributed by atoms with E-state index in [0.717, 1.165) is 18.2 Å². The van der Waals surface area contributed by atoms with E-state index in [4.69, 9.17) is 0 Å². The van der Waals surface area contributed by atoms with E-state index < -0.39 is 0 Å². The Balaban J connectivity index is -0.000000108. The molecule has 0 amide bonds. The second-order valence-electron chi connectivity index (χ2n) is 4.10. The third-order valence-corrected chi connectivity index (χ3v) is 1.22. The van der Waals surface area contributed by atoms with Crippen molar-refractivity contribution in [3.8, 4) is 0 Å². The Kier molecular flexibility index (Phi) is 23.7. The van der Waals surface area contributed by atoms with Crippen LogP contribution in [0.4, 0.5) is 0 Å². The third kappa shape index (κ3) is 51.0. The summed E-state index contributed by atoms with van der Waals surface area (Å²) < 4.78 is 0. The van der Waals surface area contributed by atoms with Gasteiger partial charge in [-0.1, -0.05) is 20.8 Å². The Labute approximate surface area is 162 Å². The molecule has 0 atom stereocenters. The number of ketones is 3. The van der Waals surface area contributed by atoms with Crippen molar-refractivity contribution < 1.29 is 68.3 Å². The zero-order chi connectivity index (χ0) is 17.6. The summed E-state index contributed by atoms with van der Waals surface area (Å²) in [5, 5.41) is 29.9. The Morgan fingerprint density at radius 3 is 0.682 bits per heavy atom. The monoisotopic (exact) mass is 456 g/mol. The van der Waals surface area contributed by atoms with Crippen molar-refractivity contribution in [2.75, 3.05) is 0 Å². The minimum atomic E-state index is -0.187. The average Bonchev–Trinajstić information content (AvgIpc) is 2.10. The fourth-order valence-corrected chi connectivity index (χ4v) is 0.859. The van der Waals surface area contributed by atoms with Crippen molar-refractivity contribution in [2.24, 2.45) is 0 Å². The van der Waals surface area contributed by atoms with Crippen LogP contribution >= 0.6 is 0 Å². The van der Waals surface area contributed by atoms with E-state index in [2.05, 4.69) is 0 Å². The molecule has 0 aliphatic rings. The summed E-state index contributed by atoms with van der Waals surface area (Å²) in [4.78, 5) is 29.9. The van der Waals surface area contributed by atoms with E-state index in [1.54, 1.807) is 0 Å². The smallest absolute Gasteiger partial charge is 0.876 e. The van der Waals surface area contributed by atoms with E-state index in [9.17, 15) is 29.7 Å². The fraction of sp³-hybridized carbons (Fsp3) is 0.400. The molecule has 0 unspecified atom stereocenters. The summed E-state index contributed by atoms with van der Waals surface area (Å²) in [6, 6.07) is 0. The van der Waals surface area contributed by atoms with E-state index >= 15 is 0 Å². The second-order valence-corrected chi connectivity index (χ2v) is 4.10. The molecule has 0 N–H and O–H groups in total. The molecular weight excluding hydrogens is 435 g/mol. The number of allylic oxidation sites excluding steroid dienone is 6. The van der Waals surface area contributed by atoms with Gasteiger partial charge in [0.1, 0.15) is 0 Å². The third-order valence-electron chi connectivity index (χ3n) is 1.22. The van der Waals surface area contributed by atoms with Crippen LogP contribution in [0, 0.1) is 38.6 Å². The molecule has 7 heteroatoms. The van der Waals surface area contributed by atoms with E-state index in [1.165, 1.54) is 41.5 Å². The van der Waals surface area contributed by atoms with E-state index in [-0.39, 0.29) is 73.2 Å². The van der Waals surface area contributed by atoms with Crippen molar-refractivity contribution >= 4 is 17.3 Å². The van der Waals surface area contributed by atoms with Crippen LogP contribution in [0.25, 0.3) is 0 Å². The van der Waals surface area contributed by atoms with Gasteiger partial charge in [0.15, 0.2) is 17.3 Å². The van der Waals surface area contributed by atoms with Gasteiger partial charge in [-0.15, -0.1) is 17.3 Å². The van der Waals surface area contributed by atoms with Crippen LogP contribution in [-0.4, -0.2) is 17.3 Å². The predicted molar refractivity (Wildman–Crippen MR) is 73.3 cm³/mol. The molecule has 0 saturated carbocycles. The molecule has 0 rings (SSSR count). The van der Waals surface area contributed by atoms with Gasteiger partial charge in [-0.25, -0.2) is 0 Å². The first kappa shape index (κ1) is 29.0. The quantitative estimate of drug-likeness (QED) is 0.418. The Hall–Kier alpha value is -1.08. The van der Waals surface area contributed by atoms with Gasteiger partial charge < -0.3 is 15.3 Å². The SMILES string of the molecule is CC(=O)/C=C(/C)[O-].CC(=O)/C=C(\C)[O-].CC(=O)/C=C(\C)[O-].[Tb+3]. The molecule has 0 bridgehead atoms. The summed E-state index contributed by atoms with van der Waals surface area (Å²) >= 11 is 0. The van der Waals surface area contributed by atoms with Gasteiger partial charge in [0.25, 0.3) is 0 Å². The van der Waals surface area contributed by atoms with Gasteiger partial charge in [-0.3, -0.25) is 14.4 Å². The van der Waals surface area contributed by atoms with E-state index in [1.807, 2.05) is 0 Å². The van der Waals surface area contributed by atoms with Crippen molar-refractivity contribution in [2.45, 2.75) is 41.5 Å². The molecule has 0 spiro atoms. The van der Waals surface area contributed by atoms with Crippen LogP contribution in [0.2, 0.25) is 0 Å². The standard InChI is InChI=1S/3C5H8O2.Tb/c3*1-4(6)3-5(2)7;/h3*3,6H,1-2H3;/q;;;+3/p-3/b2*4-3+;4-3-;. The van der Waals surface area contributed by atoms with Crippen molar-refractivity contribution in [1.82, 2.24) is 0 Å². The number of carbonyl (C=O) groups is 3. The van der Waals surface area contributed by atoms with Crippen LogP contribution in [0.3, 0.4) is 0 Å². The Morgan fingerprint density at radius 1 is 0.545 bits per heavy atom. The normalized spacial score (nSPS) is 10.9. The van der Waals surface area contributed by atoms with Gasteiger partial charge in [0.2, 0.25) is 0 Å². The number of rotatable bonds is 3. The van der Waals surface area contributed by atoms with Crippen molar-refractivity contribution in [3.05, 3.63) is 35.5 Å². The zero-order valence-corrected chi connectivity index (χ0v) is 15.7. The Morgan fingerprint density at radius 2 is 0.682 bits per heavy atom. The molecule has 0 heterocycles. The molecule has 6 nitrogen and oxygen atoms in total. The number of hydrogen-bond donors (Lipinski definition) is 0. The fourth-order valence-electron chi connectivity index (χ4n) is 0.859. The first-order valence-corrected chi connectivity index (χ1v) is 5.96. The number of carbonyl (C=O) groups excluding carboxylic acids is 3. The molecule has 0 fully saturated rings. The molecule has 22 heavy (non-hydrogen) atoms. The Bertz CT molecular complexity index is 368. The van der Waals surface area contributed by atoms with Gasteiger partial charge in [0.05, 0.1) is 0 Å². The first-order chi connectivity index (χ1) is 9.38. The molecule has 0 aliphatic heterocycles. The summed E-state index contributed by atoms with van der Waals surface area (Å²) in [6.07, 6.45) is 3.17. The second kappa shape index (κ2) is 18.0. The molecule has 126 valence electrons. The van der Waals surface area contributed by atoms with Crippen LogP contribution < -0.4 is 15.3 Å². The minimum absolute atomic E-state index is 0. The summed E-state index contributed by atoms with van der Waals surface area (Å²) in [7, 11) is 0. The number of hydrogen-bond acceptors (Lipinski definition) is 6. The maximum Gasteiger partial charge on any atom is 3.00 e. The molecule has 0 aromatic rings. The summed E-state index contributed by atoms with van der Waals surface area (Å²) in [5.74, 6) is -1.12. The summed E-state index contributed by atoms with van der Waals surface area (Å²) in [5.41, 5.74) is 0. The van der Waals surface area contributed by atoms with Crippen LogP contribution in [0.1, 0.15) is 41.5 Å². The van der Waals surface area contributed by atoms with Crippen molar-refractivity contribution in [1.29, 1.82) is 0 Å². The molecule has 0 aliphatic carbocycles. The predicted octanol–water partition coefficient (Wildman–Crippen LogP) is -0.481. The van der Waals surface area contributed by atoms with Crippen LogP contribution in [0.5, 0.6) is 0 Å². The van der Waals surface area contributed by atoms with Gasteiger partial charge in [-0.05, 0) is 39.0 Å². The summed E-state index contributed by atoms with van der Waals surface area (Å²) in [6.45, 7) is 8.09. The first-order valence-electron chi connectivity index (χ1n) is 5.96. The molecule has 0 aromatic carbocycles. The minimum Gasteiger partial charge on any atom is -0.876 e. The van der Waals surface area contributed by atoms with Gasteiger partial charge in [0, 0.05) is 0 Å². The zero-order valence-electron chi connectivity index (χ0n) is 13.5.